The summed E-state index contributed by atoms with van der Waals surface area (Å²) in [6.45, 7) is 6.84. The number of fused-ring (bicyclic) bond motifs is 1. The number of aryl methyl sites for hydroxylation is 1. The molecule has 6 nitrogen and oxygen atoms in total. The predicted molar refractivity (Wildman–Crippen MR) is 95.0 cm³/mol. The molecule has 0 atom stereocenters. The molecule has 7 heteroatoms. The predicted octanol–water partition coefficient (Wildman–Crippen LogP) is 2.58. The molecule has 3 rings (SSSR count). The van der Waals surface area contributed by atoms with Gasteiger partial charge < -0.3 is 14.5 Å². The molecule has 1 aromatic heterocycles. The zero-order chi connectivity index (χ0) is 17.3. The lowest BCUT2D eigenvalue weighted by molar-refractivity contribution is 0.0378. The zero-order valence-electron chi connectivity index (χ0n) is 14.6. The van der Waals surface area contributed by atoms with Gasteiger partial charge in [0, 0.05) is 31.1 Å². The summed E-state index contributed by atoms with van der Waals surface area (Å²) in [5.41, 5.74) is 1.64. The molecule has 0 spiro atoms. The first-order valence-corrected chi connectivity index (χ1v) is 9.37. The van der Waals surface area contributed by atoms with Crippen LogP contribution in [0, 0.1) is 0 Å². The molecule has 0 bridgehead atoms. The van der Waals surface area contributed by atoms with E-state index < -0.39 is 0 Å². The van der Waals surface area contributed by atoms with Gasteiger partial charge in [0.25, 0.3) is 0 Å². The molecule has 1 fully saturated rings. The van der Waals surface area contributed by atoms with Gasteiger partial charge in [0.05, 0.1) is 11.7 Å². The minimum atomic E-state index is -0.321. The van der Waals surface area contributed by atoms with Gasteiger partial charge in [-0.2, -0.15) is 0 Å². The number of urea groups is 1. The molecule has 0 unspecified atom stereocenters. The molecular formula is C17H25N3O3S. The molecule has 2 heterocycles. The number of carbonyl (C=O) groups excluding carboxylic acids is 2. The van der Waals surface area contributed by atoms with Crippen molar-refractivity contribution in [2.45, 2.75) is 39.2 Å². The smallest absolute Gasteiger partial charge is 0.341 e. The molecule has 0 radical (unpaired) electrons. The molecule has 2 aliphatic rings. The SMILES string of the molecule is CC(C)OC(=O)c1c(NC(=O)N2CCN(C)CC2)sc2c1CCC2. The van der Waals surface area contributed by atoms with Gasteiger partial charge in [0.2, 0.25) is 0 Å². The Morgan fingerprint density at radius 2 is 1.88 bits per heavy atom. The number of rotatable bonds is 3. The van der Waals surface area contributed by atoms with Crippen molar-refractivity contribution in [2.75, 3.05) is 38.5 Å². The molecule has 0 aromatic carbocycles. The molecule has 1 aliphatic carbocycles. The van der Waals surface area contributed by atoms with E-state index >= 15 is 0 Å². The third-order valence-electron chi connectivity index (χ3n) is 4.48. The summed E-state index contributed by atoms with van der Waals surface area (Å²) in [7, 11) is 2.05. The number of likely N-dealkylation sites (N-methyl/N-ethyl adjacent to an activating group) is 1. The highest BCUT2D eigenvalue weighted by Gasteiger charge is 2.30. The van der Waals surface area contributed by atoms with Gasteiger partial charge in [0.1, 0.15) is 5.00 Å². The van der Waals surface area contributed by atoms with Crippen molar-refractivity contribution < 1.29 is 14.3 Å². The molecule has 1 saturated heterocycles. The average Bonchev–Trinajstić information content (AvgIpc) is 3.07. The van der Waals surface area contributed by atoms with E-state index in [0.717, 1.165) is 37.9 Å². The summed E-state index contributed by atoms with van der Waals surface area (Å²) in [5.74, 6) is -0.321. The number of nitrogens with one attached hydrogen (secondary N) is 1. The fraction of sp³-hybridized carbons (Fsp3) is 0.647. The highest BCUT2D eigenvalue weighted by atomic mass is 32.1. The Labute approximate surface area is 146 Å². The highest BCUT2D eigenvalue weighted by Crippen LogP contribution is 2.39. The van der Waals surface area contributed by atoms with E-state index in [4.69, 9.17) is 4.74 Å². The number of hydrogen-bond acceptors (Lipinski definition) is 5. The molecule has 2 amide bonds. The van der Waals surface area contributed by atoms with Crippen LogP contribution in [0.2, 0.25) is 0 Å². The Bertz CT molecular complexity index is 633. The number of thiophene rings is 1. The normalized spacial score (nSPS) is 17.9. The van der Waals surface area contributed by atoms with Gasteiger partial charge in [-0.15, -0.1) is 11.3 Å². The quantitative estimate of drug-likeness (QED) is 0.850. The van der Waals surface area contributed by atoms with Crippen molar-refractivity contribution in [3.8, 4) is 0 Å². The number of ether oxygens (including phenoxy) is 1. The van der Waals surface area contributed by atoms with E-state index in [9.17, 15) is 9.59 Å². The van der Waals surface area contributed by atoms with Gasteiger partial charge in [-0.3, -0.25) is 5.32 Å². The number of nitrogens with zero attached hydrogens (tertiary/aromatic N) is 2. The second kappa shape index (κ2) is 7.11. The molecule has 1 aliphatic heterocycles. The van der Waals surface area contributed by atoms with E-state index in [-0.39, 0.29) is 18.1 Å². The number of piperazine rings is 1. The van der Waals surface area contributed by atoms with Crippen LogP contribution in [0.4, 0.5) is 9.80 Å². The fourth-order valence-corrected chi connectivity index (χ4v) is 4.43. The van der Waals surface area contributed by atoms with E-state index in [0.29, 0.717) is 23.7 Å². The number of carbonyl (C=O) groups is 2. The van der Waals surface area contributed by atoms with E-state index in [2.05, 4.69) is 17.3 Å². The second-order valence-corrected chi connectivity index (χ2v) is 7.84. The van der Waals surface area contributed by atoms with Crippen LogP contribution in [-0.2, 0) is 17.6 Å². The monoisotopic (exact) mass is 351 g/mol. The summed E-state index contributed by atoms with van der Waals surface area (Å²) in [6, 6.07) is -0.123. The second-order valence-electron chi connectivity index (χ2n) is 6.74. The topological polar surface area (TPSA) is 61.9 Å². The number of hydrogen-bond donors (Lipinski definition) is 1. The lowest BCUT2D eigenvalue weighted by atomic mass is 10.1. The third-order valence-corrected chi connectivity index (χ3v) is 5.69. The van der Waals surface area contributed by atoms with Gasteiger partial charge >= 0.3 is 12.0 Å². The zero-order valence-corrected chi connectivity index (χ0v) is 15.4. The van der Waals surface area contributed by atoms with Crippen molar-refractivity contribution in [1.29, 1.82) is 0 Å². The van der Waals surface area contributed by atoms with Crippen LogP contribution in [0.1, 0.15) is 41.1 Å². The lowest BCUT2D eigenvalue weighted by Crippen LogP contribution is -2.48. The van der Waals surface area contributed by atoms with E-state index in [1.165, 1.54) is 16.2 Å². The van der Waals surface area contributed by atoms with Crippen LogP contribution in [-0.4, -0.2) is 61.1 Å². The molecule has 0 saturated carbocycles. The van der Waals surface area contributed by atoms with Gasteiger partial charge in [0.15, 0.2) is 0 Å². The van der Waals surface area contributed by atoms with E-state index in [1.54, 1.807) is 0 Å². The largest absolute Gasteiger partial charge is 0.459 e. The number of anilines is 1. The summed E-state index contributed by atoms with van der Waals surface area (Å²) >= 11 is 1.53. The van der Waals surface area contributed by atoms with Crippen molar-refractivity contribution in [3.05, 3.63) is 16.0 Å². The summed E-state index contributed by atoms with van der Waals surface area (Å²) < 4.78 is 5.40. The highest BCUT2D eigenvalue weighted by molar-refractivity contribution is 7.17. The van der Waals surface area contributed by atoms with Crippen molar-refractivity contribution in [3.63, 3.8) is 0 Å². The average molecular weight is 351 g/mol. The summed E-state index contributed by atoms with van der Waals surface area (Å²) in [6.07, 6.45) is 2.76. The maximum atomic E-state index is 12.5. The lowest BCUT2D eigenvalue weighted by Gasteiger charge is -2.32. The Kier molecular flexibility index (Phi) is 5.10. The van der Waals surface area contributed by atoms with Crippen LogP contribution in [0.25, 0.3) is 0 Å². The first-order valence-electron chi connectivity index (χ1n) is 8.55. The fourth-order valence-electron chi connectivity index (χ4n) is 3.17. The number of amides is 2. The van der Waals surface area contributed by atoms with Crippen LogP contribution in [0.5, 0.6) is 0 Å². The van der Waals surface area contributed by atoms with Gasteiger partial charge in [-0.05, 0) is 45.7 Å². The standard InChI is InChI=1S/C17H25N3O3S/c1-11(2)23-16(21)14-12-5-4-6-13(12)24-15(14)18-17(22)20-9-7-19(3)8-10-20/h11H,4-10H2,1-3H3,(H,18,22). The molecular weight excluding hydrogens is 326 g/mol. The molecule has 1 aromatic rings. The first kappa shape index (κ1) is 17.2. The van der Waals surface area contributed by atoms with Crippen LogP contribution >= 0.6 is 11.3 Å². The first-order chi connectivity index (χ1) is 11.5. The third kappa shape index (κ3) is 3.57. The van der Waals surface area contributed by atoms with Crippen molar-refractivity contribution >= 4 is 28.3 Å². The van der Waals surface area contributed by atoms with Crippen molar-refractivity contribution in [1.82, 2.24) is 9.80 Å². The molecule has 24 heavy (non-hydrogen) atoms. The van der Waals surface area contributed by atoms with Crippen LogP contribution in [0.15, 0.2) is 0 Å². The minimum absolute atomic E-state index is 0.123. The Balaban J connectivity index is 1.78. The Morgan fingerprint density at radius 1 is 1.17 bits per heavy atom. The maximum absolute atomic E-state index is 12.5. The minimum Gasteiger partial charge on any atom is -0.459 e. The summed E-state index contributed by atoms with van der Waals surface area (Å²) in [5, 5.41) is 3.61. The maximum Gasteiger partial charge on any atom is 0.341 e. The van der Waals surface area contributed by atoms with Crippen LogP contribution < -0.4 is 5.32 Å². The molecule has 1 N–H and O–H groups in total. The Hall–Kier alpha value is -1.60. The van der Waals surface area contributed by atoms with Gasteiger partial charge in [-0.1, -0.05) is 0 Å². The van der Waals surface area contributed by atoms with Gasteiger partial charge in [-0.25, -0.2) is 9.59 Å². The Morgan fingerprint density at radius 3 is 2.54 bits per heavy atom. The summed E-state index contributed by atoms with van der Waals surface area (Å²) in [4.78, 5) is 30.3. The molecule has 132 valence electrons. The van der Waals surface area contributed by atoms with Crippen LogP contribution in [0.3, 0.4) is 0 Å². The number of esters is 1. The van der Waals surface area contributed by atoms with E-state index in [1.807, 2.05) is 18.7 Å². The van der Waals surface area contributed by atoms with Crippen molar-refractivity contribution in [2.24, 2.45) is 0 Å².